The van der Waals surface area contributed by atoms with Crippen LogP contribution < -0.4 is 16.5 Å². The van der Waals surface area contributed by atoms with Crippen molar-refractivity contribution in [3.63, 3.8) is 0 Å². The second-order valence-electron chi connectivity index (χ2n) is 5.54. The molecule has 18 heteroatoms. The Morgan fingerprint density at radius 3 is 2.64 bits per heavy atom. The fraction of sp³-hybridized carbons (Fsp3) is 0.600. The molecule has 1 aromatic rings. The second kappa shape index (κ2) is 10.0. The fourth-order valence-electron chi connectivity index (χ4n) is 2.31. The van der Waals surface area contributed by atoms with Crippen LogP contribution in [0.1, 0.15) is 13.2 Å². The summed E-state index contributed by atoms with van der Waals surface area (Å²) in [5.74, 6) is 0. The zero-order valence-corrected chi connectivity index (χ0v) is 16.7. The van der Waals surface area contributed by atoms with E-state index in [9.17, 15) is 24.7 Å². The van der Waals surface area contributed by atoms with Crippen LogP contribution in [0.2, 0.25) is 0 Å². The van der Waals surface area contributed by atoms with Crippen molar-refractivity contribution >= 4 is 25.7 Å². The van der Waals surface area contributed by atoms with Gasteiger partial charge in [0.05, 0.1) is 6.61 Å². The number of rotatable bonds is 9. The number of H-pyrrole nitrogens is 1. The third-order valence-corrected chi connectivity index (χ3v) is 5.74. The molecule has 0 radical (unpaired) electrons. The number of aliphatic hydroxyl groups is 2. The van der Waals surface area contributed by atoms with Crippen LogP contribution >= 0.6 is 25.7 Å². The van der Waals surface area contributed by atoms with Crippen LogP contribution in [0.5, 0.6) is 0 Å². The number of aromatic nitrogens is 2. The van der Waals surface area contributed by atoms with E-state index in [1.54, 1.807) is 0 Å². The van der Waals surface area contributed by atoms with Gasteiger partial charge in [-0.2, -0.15) is 0 Å². The Morgan fingerprint density at radius 1 is 1.36 bits per heavy atom. The van der Waals surface area contributed by atoms with Gasteiger partial charge in [-0.3, -0.25) is 14.3 Å². The first-order chi connectivity index (χ1) is 13.0. The first-order valence-electron chi connectivity index (χ1n) is 7.29. The Bertz CT molecular complexity index is 759. The van der Waals surface area contributed by atoms with Crippen molar-refractivity contribution in [2.45, 2.75) is 31.0 Å². The van der Waals surface area contributed by atoms with E-state index in [1.165, 1.54) is 6.92 Å². The van der Waals surface area contributed by atoms with Crippen LogP contribution in [-0.4, -0.2) is 63.8 Å². The topological polar surface area (TPSA) is 225 Å². The van der Waals surface area contributed by atoms with Gasteiger partial charge < -0.3 is 39.0 Å². The summed E-state index contributed by atoms with van der Waals surface area (Å²) in [6, 6.07) is 1.03. The molecular weight excluding hydrogens is 447 g/mol. The summed E-state index contributed by atoms with van der Waals surface area (Å²) in [4.78, 5) is 60.8. The highest BCUT2D eigenvalue weighted by Crippen LogP contribution is 2.47. The largest absolute Gasteiger partial charge is 0.387 e. The quantitative estimate of drug-likeness (QED) is 0.143. The minimum absolute atomic E-state index is 0.471. The molecule has 28 heavy (non-hydrogen) atoms. The summed E-state index contributed by atoms with van der Waals surface area (Å²) < 4.78 is 19.8. The van der Waals surface area contributed by atoms with E-state index in [0.717, 1.165) is 16.8 Å². The normalized spacial score (nSPS) is 29.9. The molecule has 15 nitrogen and oxygen atoms in total. The lowest BCUT2D eigenvalue weighted by Crippen LogP contribution is -2.46. The molecule has 2 heterocycles. The monoisotopic (exact) mass is 465 g/mol. The Balaban J connectivity index is 1.94. The molecule has 2 unspecified atom stereocenters. The summed E-state index contributed by atoms with van der Waals surface area (Å²) in [5, 5.41) is 22.6. The molecular formula is C10H18N3O12P3. The molecule has 160 valence electrons. The van der Waals surface area contributed by atoms with Gasteiger partial charge in [-0.25, -0.2) is 13.7 Å². The van der Waals surface area contributed by atoms with Crippen LogP contribution in [0.15, 0.2) is 21.9 Å². The van der Waals surface area contributed by atoms with Crippen molar-refractivity contribution in [2.24, 2.45) is 0 Å². The van der Waals surface area contributed by atoms with Crippen molar-refractivity contribution in [2.75, 3.05) is 6.61 Å². The Morgan fingerprint density at radius 2 is 2.04 bits per heavy atom. The SMILES string of the molecule is C[C@@]1(O)[C@H](O)[C@@H](COP(O)NOP(O)OP(O)O)O[C@H]1n1ccc(=O)[nH]c1=O. The summed E-state index contributed by atoms with van der Waals surface area (Å²) in [6.45, 7) is 0.739. The van der Waals surface area contributed by atoms with Crippen molar-refractivity contribution in [3.8, 4) is 0 Å². The van der Waals surface area contributed by atoms with Crippen molar-refractivity contribution < 1.29 is 48.0 Å². The molecule has 0 spiro atoms. The van der Waals surface area contributed by atoms with E-state index < -0.39 is 67.6 Å². The maximum atomic E-state index is 11.9. The van der Waals surface area contributed by atoms with Gasteiger partial charge in [0.1, 0.15) is 17.8 Å². The van der Waals surface area contributed by atoms with E-state index in [-0.39, 0.29) is 0 Å². The maximum Gasteiger partial charge on any atom is 0.355 e. The Hall–Kier alpha value is -0.470. The molecule has 2 rings (SSSR count). The average molecular weight is 465 g/mol. The fourth-order valence-corrected chi connectivity index (χ4v) is 3.84. The second-order valence-corrected chi connectivity index (χ2v) is 8.34. The van der Waals surface area contributed by atoms with Crippen molar-refractivity contribution in [3.05, 3.63) is 33.1 Å². The molecule has 1 aliphatic heterocycles. The minimum atomic E-state index is -2.87. The lowest BCUT2D eigenvalue weighted by atomic mass is 9.96. The summed E-state index contributed by atoms with van der Waals surface area (Å²) >= 11 is 0. The van der Waals surface area contributed by atoms with E-state index in [2.05, 4.69) is 8.94 Å². The third-order valence-electron chi connectivity index (χ3n) is 3.56. The standard InChI is InChI=1S/C10H18N3O12P3/c1-10(17)7(15)5(4-22-26(18)12-24-28(21)25-27(19)20)23-8(10)13-3-2-6(14)11-9(13)16/h2-3,5,7-8,12,15,17-21H,4H2,1H3,(H,11,14,16)/t5-,7-,8-,10-,26?,28?/m1/s1. The summed E-state index contributed by atoms with van der Waals surface area (Å²) in [6.07, 6.45) is -2.99. The summed E-state index contributed by atoms with van der Waals surface area (Å²) in [5.41, 5.74) is -3.46. The van der Waals surface area contributed by atoms with Gasteiger partial charge in [-0.1, -0.05) is 0 Å². The molecule has 1 saturated heterocycles. The van der Waals surface area contributed by atoms with Crippen LogP contribution in [0.4, 0.5) is 0 Å². The number of hydrogen-bond donors (Lipinski definition) is 8. The van der Waals surface area contributed by atoms with E-state index >= 15 is 0 Å². The molecule has 0 aromatic carbocycles. The lowest BCUT2D eigenvalue weighted by molar-refractivity contribution is -0.0984. The highest BCUT2D eigenvalue weighted by Gasteiger charge is 2.53. The molecule has 1 aliphatic rings. The number of nitrogens with zero attached hydrogens (tertiary/aromatic N) is 1. The molecule has 8 N–H and O–H groups in total. The van der Waals surface area contributed by atoms with E-state index in [4.69, 9.17) is 23.9 Å². The molecule has 0 amide bonds. The van der Waals surface area contributed by atoms with Crippen LogP contribution in [0, 0.1) is 0 Å². The molecule has 0 saturated carbocycles. The predicted molar refractivity (Wildman–Crippen MR) is 92.8 cm³/mol. The third kappa shape index (κ3) is 6.02. The number of aliphatic hydroxyl groups excluding tert-OH is 1. The Kier molecular flexibility index (Phi) is 8.52. The minimum Gasteiger partial charge on any atom is -0.387 e. The van der Waals surface area contributed by atoms with E-state index in [1.807, 2.05) is 10.2 Å². The van der Waals surface area contributed by atoms with Gasteiger partial charge in [-0.15, -0.1) is 5.25 Å². The summed E-state index contributed by atoms with van der Waals surface area (Å²) in [7, 11) is -8.13. The van der Waals surface area contributed by atoms with Crippen LogP contribution in [0.25, 0.3) is 0 Å². The average Bonchev–Trinajstić information content (AvgIpc) is 2.81. The lowest BCUT2D eigenvalue weighted by Gasteiger charge is -2.27. The van der Waals surface area contributed by atoms with Gasteiger partial charge in [0.15, 0.2) is 6.23 Å². The predicted octanol–water partition coefficient (Wildman–Crippen LogP) is -2.25. The Labute approximate surface area is 160 Å². The molecule has 1 fully saturated rings. The van der Waals surface area contributed by atoms with Crippen molar-refractivity contribution in [1.29, 1.82) is 0 Å². The zero-order chi connectivity index (χ0) is 21.1. The number of hydrogen-bond acceptors (Lipinski definition) is 13. The number of aromatic amines is 1. The number of ether oxygens (including phenoxy) is 1. The first-order valence-corrected chi connectivity index (χ1v) is 10.8. The van der Waals surface area contributed by atoms with Crippen molar-refractivity contribution in [1.82, 2.24) is 14.8 Å². The van der Waals surface area contributed by atoms with Gasteiger partial charge in [0.2, 0.25) is 0 Å². The maximum absolute atomic E-state index is 11.9. The molecule has 0 aliphatic carbocycles. The molecule has 6 atom stereocenters. The van der Waals surface area contributed by atoms with Crippen LogP contribution in [-0.2, 0) is 18.2 Å². The van der Waals surface area contributed by atoms with Gasteiger partial charge >= 0.3 is 22.9 Å². The zero-order valence-electron chi connectivity index (χ0n) is 14.0. The molecule has 1 aromatic heterocycles. The van der Waals surface area contributed by atoms with Crippen LogP contribution in [0.3, 0.4) is 0 Å². The first kappa shape index (κ1) is 23.8. The smallest absolute Gasteiger partial charge is 0.355 e. The highest BCUT2D eigenvalue weighted by atomic mass is 31.2. The van der Waals surface area contributed by atoms with Gasteiger partial charge in [0, 0.05) is 12.3 Å². The van der Waals surface area contributed by atoms with Gasteiger partial charge in [-0.05, 0) is 6.92 Å². The number of nitrogens with one attached hydrogen (secondary N) is 2. The highest BCUT2D eigenvalue weighted by molar-refractivity contribution is 7.54. The van der Waals surface area contributed by atoms with Gasteiger partial charge in [0.25, 0.3) is 14.1 Å². The van der Waals surface area contributed by atoms with E-state index in [0.29, 0.717) is 0 Å². The molecule has 0 bridgehead atoms.